The van der Waals surface area contributed by atoms with Crippen molar-refractivity contribution >= 4 is 23.4 Å². The largest absolute Gasteiger partial charge is 0.497 e. The van der Waals surface area contributed by atoms with Crippen molar-refractivity contribution in [2.24, 2.45) is 5.73 Å². The predicted molar refractivity (Wildman–Crippen MR) is 125 cm³/mol. The highest BCUT2D eigenvalue weighted by Gasteiger charge is 2.26. The van der Waals surface area contributed by atoms with Gasteiger partial charge in [0.05, 0.1) is 13.5 Å². The summed E-state index contributed by atoms with van der Waals surface area (Å²) in [6.07, 6.45) is 0.742. The van der Waals surface area contributed by atoms with Gasteiger partial charge in [0.1, 0.15) is 5.75 Å². The average Bonchev–Trinajstić information content (AvgIpc) is 2.80. The molecule has 32 heavy (non-hydrogen) atoms. The Bertz CT molecular complexity index is 1020. The van der Waals surface area contributed by atoms with Gasteiger partial charge < -0.3 is 15.8 Å². The van der Waals surface area contributed by atoms with E-state index in [1.807, 2.05) is 37.3 Å². The molecule has 0 saturated carbocycles. The van der Waals surface area contributed by atoms with Crippen LogP contribution < -0.4 is 21.2 Å². The van der Waals surface area contributed by atoms with Crippen molar-refractivity contribution in [2.75, 3.05) is 13.7 Å². The minimum absolute atomic E-state index is 0.0283. The summed E-state index contributed by atoms with van der Waals surface area (Å²) in [7, 11) is 1.62. The van der Waals surface area contributed by atoms with Crippen molar-refractivity contribution in [1.29, 1.82) is 0 Å². The van der Waals surface area contributed by atoms with E-state index in [2.05, 4.69) is 10.7 Å². The molecule has 3 rings (SSSR count). The van der Waals surface area contributed by atoms with Crippen LogP contribution in [0.3, 0.4) is 0 Å². The molecule has 0 unspecified atom stereocenters. The molecule has 4 N–H and O–H groups in total. The summed E-state index contributed by atoms with van der Waals surface area (Å²) < 4.78 is 5.24. The standard InChI is InChI=1S/C24H29ClN4O3/c1-16-8-9-29(28-14-17-4-3-5-21(10-17)32-2)24(31)22(16)12-23(30)27-15-19-11-20(25)7-6-18(19)13-26/h3-7,10-11,28H,8-9,12-15,26H2,1-2H3,(H,27,30). The maximum absolute atomic E-state index is 13.0. The number of nitrogens with two attached hydrogens (primary N) is 1. The van der Waals surface area contributed by atoms with Gasteiger partial charge >= 0.3 is 0 Å². The molecule has 0 atom stereocenters. The van der Waals surface area contributed by atoms with Crippen LogP contribution in [-0.2, 0) is 29.2 Å². The molecule has 0 radical (unpaired) electrons. The first-order chi connectivity index (χ1) is 15.4. The molecule has 0 fully saturated rings. The number of nitrogens with one attached hydrogen (secondary N) is 2. The van der Waals surface area contributed by atoms with Gasteiger partial charge in [-0.3, -0.25) is 14.6 Å². The Morgan fingerprint density at radius 2 is 2.00 bits per heavy atom. The zero-order chi connectivity index (χ0) is 23.1. The molecular weight excluding hydrogens is 428 g/mol. The summed E-state index contributed by atoms with van der Waals surface area (Å²) in [4.78, 5) is 25.6. The van der Waals surface area contributed by atoms with Crippen LogP contribution in [0.2, 0.25) is 5.02 Å². The maximum Gasteiger partial charge on any atom is 0.264 e. The molecule has 1 aliphatic rings. The fraction of sp³-hybridized carbons (Fsp3) is 0.333. The summed E-state index contributed by atoms with van der Waals surface area (Å²) in [5.74, 6) is 0.377. The number of nitrogens with zero attached hydrogens (tertiary/aromatic N) is 1. The number of halogens is 1. The van der Waals surface area contributed by atoms with Gasteiger partial charge in [0.25, 0.3) is 5.91 Å². The number of carbonyl (C=O) groups is 2. The number of rotatable bonds is 9. The number of methoxy groups -OCH3 is 1. The van der Waals surface area contributed by atoms with E-state index in [0.717, 1.165) is 28.0 Å². The predicted octanol–water partition coefficient (Wildman–Crippen LogP) is 3.07. The highest BCUT2D eigenvalue weighted by molar-refractivity contribution is 6.30. The Labute approximate surface area is 193 Å². The van der Waals surface area contributed by atoms with Gasteiger partial charge in [0.2, 0.25) is 5.91 Å². The molecule has 7 nitrogen and oxygen atoms in total. The molecule has 0 bridgehead atoms. The summed E-state index contributed by atoms with van der Waals surface area (Å²) in [5, 5.41) is 5.05. The van der Waals surface area contributed by atoms with Crippen LogP contribution in [0.15, 0.2) is 53.6 Å². The van der Waals surface area contributed by atoms with Crippen LogP contribution in [-0.4, -0.2) is 30.5 Å². The number of hydrazine groups is 1. The Morgan fingerprint density at radius 1 is 1.19 bits per heavy atom. The van der Waals surface area contributed by atoms with E-state index in [9.17, 15) is 9.59 Å². The van der Waals surface area contributed by atoms with Gasteiger partial charge in [-0.1, -0.05) is 35.4 Å². The average molecular weight is 457 g/mol. The third kappa shape index (κ3) is 6.09. The Kier molecular flexibility index (Phi) is 8.27. The topological polar surface area (TPSA) is 96.7 Å². The molecule has 2 aromatic rings. The van der Waals surface area contributed by atoms with E-state index in [0.29, 0.717) is 43.2 Å². The molecule has 170 valence electrons. The fourth-order valence-corrected chi connectivity index (χ4v) is 3.79. The van der Waals surface area contributed by atoms with Gasteiger partial charge in [0, 0.05) is 36.8 Å². The van der Waals surface area contributed by atoms with Crippen molar-refractivity contribution in [3.05, 3.63) is 75.3 Å². The highest BCUT2D eigenvalue weighted by Crippen LogP contribution is 2.22. The zero-order valence-electron chi connectivity index (χ0n) is 18.4. The van der Waals surface area contributed by atoms with Crippen molar-refractivity contribution in [2.45, 2.75) is 39.4 Å². The molecule has 8 heteroatoms. The van der Waals surface area contributed by atoms with Crippen LogP contribution in [0.5, 0.6) is 5.75 Å². The third-order valence-corrected chi connectivity index (χ3v) is 5.77. The summed E-state index contributed by atoms with van der Waals surface area (Å²) in [5.41, 5.74) is 13.2. The Morgan fingerprint density at radius 3 is 2.75 bits per heavy atom. The van der Waals surface area contributed by atoms with Crippen LogP contribution in [0, 0.1) is 0 Å². The number of hydrogen-bond donors (Lipinski definition) is 3. The minimum Gasteiger partial charge on any atom is -0.497 e. The quantitative estimate of drug-likeness (QED) is 0.539. The van der Waals surface area contributed by atoms with Gasteiger partial charge in [-0.05, 0) is 54.3 Å². The lowest BCUT2D eigenvalue weighted by Crippen LogP contribution is -2.46. The van der Waals surface area contributed by atoms with E-state index >= 15 is 0 Å². The normalized spacial score (nSPS) is 14.0. The van der Waals surface area contributed by atoms with Crippen LogP contribution >= 0.6 is 11.6 Å². The zero-order valence-corrected chi connectivity index (χ0v) is 19.2. The Hall–Kier alpha value is -2.87. The molecule has 0 saturated heterocycles. The first-order valence-electron chi connectivity index (χ1n) is 10.5. The molecular formula is C24H29ClN4O3. The Balaban J connectivity index is 1.58. The molecule has 0 aromatic heterocycles. The number of hydrogen-bond acceptors (Lipinski definition) is 5. The lowest BCUT2D eigenvalue weighted by Gasteiger charge is -2.30. The molecule has 2 aromatic carbocycles. The van der Waals surface area contributed by atoms with Gasteiger partial charge in [-0.25, -0.2) is 5.43 Å². The van der Waals surface area contributed by atoms with Gasteiger partial charge in [-0.15, -0.1) is 0 Å². The second-order valence-electron chi connectivity index (χ2n) is 7.72. The summed E-state index contributed by atoms with van der Waals surface area (Å²) >= 11 is 6.06. The smallest absolute Gasteiger partial charge is 0.264 e. The lowest BCUT2D eigenvalue weighted by atomic mass is 9.98. The molecule has 2 amide bonds. The van der Waals surface area contributed by atoms with Gasteiger partial charge in [-0.2, -0.15) is 0 Å². The van der Waals surface area contributed by atoms with E-state index in [4.69, 9.17) is 22.1 Å². The second-order valence-corrected chi connectivity index (χ2v) is 8.16. The maximum atomic E-state index is 13.0. The van der Waals surface area contributed by atoms with Crippen LogP contribution in [0.1, 0.15) is 36.5 Å². The number of carbonyl (C=O) groups excluding carboxylic acids is 2. The minimum atomic E-state index is -0.217. The molecule has 1 aliphatic heterocycles. The SMILES string of the molecule is COc1cccc(CNN2CCC(C)=C(CC(=O)NCc3cc(Cl)ccc3CN)C2=O)c1. The first-order valence-corrected chi connectivity index (χ1v) is 10.9. The first kappa shape index (κ1) is 23.8. The van der Waals surface area contributed by atoms with Crippen LogP contribution in [0.25, 0.3) is 0 Å². The van der Waals surface area contributed by atoms with Crippen molar-refractivity contribution in [3.63, 3.8) is 0 Å². The number of benzene rings is 2. The monoisotopic (exact) mass is 456 g/mol. The van der Waals surface area contributed by atoms with Crippen molar-refractivity contribution < 1.29 is 14.3 Å². The summed E-state index contributed by atoms with van der Waals surface area (Å²) in [6.45, 7) is 3.62. The van der Waals surface area contributed by atoms with Crippen molar-refractivity contribution in [1.82, 2.24) is 15.8 Å². The third-order valence-electron chi connectivity index (χ3n) is 5.54. The molecule has 0 aliphatic carbocycles. The van der Waals surface area contributed by atoms with Crippen LogP contribution in [0.4, 0.5) is 0 Å². The van der Waals surface area contributed by atoms with E-state index in [-0.39, 0.29) is 18.2 Å². The lowest BCUT2D eigenvalue weighted by molar-refractivity contribution is -0.132. The van der Waals surface area contributed by atoms with Crippen molar-refractivity contribution in [3.8, 4) is 5.75 Å². The fourth-order valence-electron chi connectivity index (χ4n) is 3.60. The highest BCUT2D eigenvalue weighted by atomic mass is 35.5. The summed E-state index contributed by atoms with van der Waals surface area (Å²) in [6, 6.07) is 13.1. The second kappa shape index (κ2) is 11.1. The van der Waals surface area contributed by atoms with E-state index in [1.54, 1.807) is 24.3 Å². The molecule has 1 heterocycles. The number of amides is 2. The molecule has 0 spiro atoms. The van der Waals surface area contributed by atoms with Gasteiger partial charge in [0.15, 0.2) is 0 Å². The van der Waals surface area contributed by atoms with E-state index < -0.39 is 0 Å². The van der Waals surface area contributed by atoms with E-state index in [1.165, 1.54) is 0 Å². The number of ether oxygens (including phenoxy) is 1.